The Morgan fingerprint density at radius 3 is 2.67 bits per heavy atom. The predicted molar refractivity (Wildman–Crippen MR) is 82.3 cm³/mol. The third-order valence-electron chi connectivity index (χ3n) is 4.22. The summed E-state index contributed by atoms with van der Waals surface area (Å²) in [7, 11) is 0. The number of nitrogens with one attached hydrogen (secondary N) is 1. The summed E-state index contributed by atoms with van der Waals surface area (Å²) in [4.78, 5) is 27.5. The molecule has 112 valence electrons. The highest BCUT2D eigenvalue weighted by molar-refractivity contribution is 6.06. The fourth-order valence-corrected chi connectivity index (χ4v) is 3.10. The van der Waals surface area contributed by atoms with Crippen LogP contribution in [0.4, 0.5) is 11.4 Å². The molecule has 0 spiro atoms. The summed E-state index contributed by atoms with van der Waals surface area (Å²) in [5, 5.41) is 3.21. The van der Waals surface area contributed by atoms with Crippen LogP contribution in [0.5, 0.6) is 0 Å². The zero-order chi connectivity index (χ0) is 14.8. The van der Waals surface area contributed by atoms with E-state index in [1.807, 2.05) is 19.1 Å². The third kappa shape index (κ3) is 2.73. The van der Waals surface area contributed by atoms with Crippen LogP contribution in [0.3, 0.4) is 0 Å². The molecule has 0 bridgehead atoms. The highest BCUT2D eigenvalue weighted by atomic mass is 16.2. The molecule has 5 nitrogen and oxygen atoms in total. The minimum absolute atomic E-state index is 0.0873. The summed E-state index contributed by atoms with van der Waals surface area (Å²) in [5.74, 6) is -0.204. The number of benzene rings is 1. The molecule has 1 aromatic carbocycles. The van der Waals surface area contributed by atoms with Crippen molar-refractivity contribution in [2.75, 3.05) is 29.9 Å². The number of amides is 2. The van der Waals surface area contributed by atoms with Crippen LogP contribution in [-0.4, -0.2) is 42.4 Å². The summed E-state index contributed by atoms with van der Waals surface area (Å²) in [5.41, 5.74) is 2.09. The lowest BCUT2D eigenvalue weighted by Crippen LogP contribution is -2.34. The number of hydrogen-bond donors (Lipinski definition) is 1. The number of carbonyl (C=O) groups is 2. The summed E-state index contributed by atoms with van der Waals surface area (Å²) < 4.78 is 0. The summed E-state index contributed by atoms with van der Waals surface area (Å²) in [6, 6.07) is 7.68. The number of rotatable bonds is 4. The molecule has 5 heteroatoms. The highest BCUT2D eigenvalue weighted by Crippen LogP contribution is 2.25. The summed E-state index contributed by atoms with van der Waals surface area (Å²) in [6.45, 7) is 4.46. The summed E-state index contributed by atoms with van der Waals surface area (Å²) >= 11 is 0. The van der Waals surface area contributed by atoms with Crippen LogP contribution in [0.15, 0.2) is 24.3 Å². The molecule has 1 unspecified atom stereocenters. The maximum Gasteiger partial charge on any atom is 0.252 e. The Hall–Kier alpha value is -2.04. The van der Waals surface area contributed by atoms with Gasteiger partial charge in [-0.05, 0) is 38.0 Å². The average Bonchev–Trinajstić information content (AvgIpc) is 3.09. The zero-order valence-electron chi connectivity index (χ0n) is 12.3. The summed E-state index contributed by atoms with van der Waals surface area (Å²) in [6.07, 6.45) is 2.72. The number of hydrogen-bond acceptors (Lipinski definition) is 4. The van der Waals surface area contributed by atoms with Gasteiger partial charge in [0.15, 0.2) is 0 Å². The van der Waals surface area contributed by atoms with Crippen molar-refractivity contribution in [1.29, 1.82) is 0 Å². The van der Waals surface area contributed by atoms with Crippen molar-refractivity contribution in [2.24, 2.45) is 0 Å². The molecule has 2 amide bonds. The largest absolute Gasteiger partial charge is 0.373 e. The molecular formula is C16H21N3O2. The van der Waals surface area contributed by atoms with Gasteiger partial charge in [0.25, 0.3) is 5.91 Å². The van der Waals surface area contributed by atoms with E-state index >= 15 is 0 Å². The van der Waals surface area contributed by atoms with E-state index in [-0.39, 0.29) is 18.2 Å². The van der Waals surface area contributed by atoms with E-state index < -0.39 is 6.04 Å². The van der Waals surface area contributed by atoms with Crippen molar-refractivity contribution in [2.45, 2.75) is 32.2 Å². The quantitative estimate of drug-likeness (QED) is 0.859. The molecule has 2 aliphatic heterocycles. The smallest absolute Gasteiger partial charge is 0.252 e. The van der Waals surface area contributed by atoms with E-state index in [9.17, 15) is 9.59 Å². The van der Waals surface area contributed by atoms with Crippen molar-refractivity contribution in [3.8, 4) is 0 Å². The van der Waals surface area contributed by atoms with Gasteiger partial charge in [-0.1, -0.05) is 6.07 Å². The number of nitrogens with zero attached hydrogens (tertiary/aromatic N) is 2. The van der Waals surface area contributed by atoms with Crippen LogP contribution < -0.4 is 10.2 Å². The van der Waals surface area contributed by atoms with Crippen LogP contribution in [0, 0.1) is 0 Å². The molecule has 2 heterocycles. The Morgan fingerprint density at radius 1 is 1.24 bits per heavy atom. The van der Waals surface area contributed by atoms with Crippen LogP contribution in [0.2, 0.25) is 0 Å². The first-order chi connectivity index (χ1) is 10.2. The predicted octanol–water partition coefficient (Wildman–Crippen LogP) is 1.85. The van der Waals surface area contributed by atoms with Gasteiger partial charge >= 0.3 is 0 Å². The Morgan fingerprint density at radius 2 is 2.00 bits per heavy atom. The first kappa shape index (κ1) is 13.9. The van der Waals surface area contributed by atoms with Gasteiger partial charge in [-0.2, -0.15) is 0 Å². The molecule has 2 saturated heterocycles. The molecule has 2 aliphatic rings. The van der Waals surface area contributed by atoms with Crippen molar-refractivity contribution >= 4 is 23.2 Å². The normalized spacial score (nSPS) is 22.2. The maximum atomic E-state index is 12.1. The van der Waals surface area contributed by atoms with E-state index in [0.29, 0.717) is 6.54 Å². The molecular weight excluding hydrogens is 266 g/mol. The Kier molecular flexibility index (Phi) is 3.82. The van der Waals surface area contributed by atoms with Gasteiger partial charge < -0.3 is 10.2 Å². The van der Waals surface area contributed by atoms with Crippen LogP contribution >= 0.6 is 0 Å². The fraction of sp³-hybridized carbons (Fsp3) is 0.500. The number of likely N-dealkylation sites (tertiary alicyclic amines) is 1. The van der Waals surface area contributed by atoms with Crippen molar-refractivity contribution in [3.63, 3.8) is 0 Å². The second-order valence-electron chi connectivity index (χ2n) is 5.62. The van der Waals surface area contributed by atoms with Gasteiger partial charge in [0.1, 0.15) is 6.04 Å². The lowest BCUT2D eigenvalue weighted by molar-refractivity contribution is -0.138. The van der Waals surface area contributed by atoms with E-state index in [1.165, 1.54) is 23.4 Å². The molecule has 0 radical (unpaired) electrons. The third-order valence-corrected chi connectivity index (χ3v) is 4.22. The van der Waals surface area contributed by atoms with Crippen LogP contribution in [0.25, 0.3) is 0 Å². The van der Waals surface area contributed by atoms with Crippen LogP contribution in [-0.2, 0) is 9.59 Å². The van der Waals surface area contributed by atoms with E-state index in [2.05, 4.69) is 22.3 Å². The Labute approximate surface area is 124 Å². The van der Waals surface area contributed by atoms with Crippen molar-refractivity contribution < 1.29 is 9.59 Å². The second kappa shape index (κ2) is 5.76. The lowest BCUT2D eigenvalue weighted by Gasteiger charge is -2.20. The topological polar surface area (TPSA) is 52.7 Å². The zero-order valence-corrected chi connectivity index (χ0v) is 12.3. The first-order valence-electron chi connectivity index (χ1n) is 7.65. The molecule has 1 atom stereocenters. The van der Waals surface area contributed by atoms with Crippen molar-refractivity contribution in [1.82, 2.24) is 4.90 Å². The maximum absolute atomic E-state index is 12.1. The van der Waals surface area contributed by atoms with E-state index in [1.54, 1.807) is 0 Å². The molecule has 1 aromatic rings. The lowest BCUT2D eigenvalue weighted by atomic mass is 10.2. The number of likely N-dealkylation sites (N-methyl/N-ethyl adjacent to an activating group) is 1. The SMILES string of the molecule is CCN1C(=O)CC(Nc2cccc(N3CCCC3)c2)C1=O. The Bertz CT molecular complexity index is 552. The molecule has 0 aliphatic carbocycles. The van der Waals surface area contributed by atoms with Crippen LogP contribution in [0.1, 0.15) is 26.2 Å². The van der Waals surface area contributed by atoms with Gasteiger partial charge in [-0.25, -0.2) is 0 Å². The standard InChI is InChI=1S/C16H21N3O2/c1-2-19-15(20)11-14(16(19)21)17-12-6-5-7-13(10-12)18-8-3-4-9-18/h5-7,10,14,17H,2-4,8-9,11H2,1H3. The second-order valence-corrected chi connectivity index (χ2v) is 5.62. The van der Waals surface area contributed by atoms with Gasteiger partial charge in [0, 0.05) is 31.0 Å². The molecule has 0 aromatic heterocycles. The minimum atomic E-state index is -0.425. The minimum Gasteiger partial charge on any atom is -0.373 e. The van der Waals surface area contributed by atoms with Gasteiger partial charge in [0.05, 0.1) is 6.42 Å². The molecule has 3 rings (SSSR count). The average molecular weight is 287 g/mol. The first-order valence-corrected chi connectivity index (χ1v) is 7.65. The van der Waals surface area contributed by atoms with Gasteiger partial charge in [-0.3, -0.25) is 14.5 Å². The van der Waals surface area contributed by atoms with E-state index in [0.717, 1.165) is 18.8 Å². The number of anilines is 2. The highest BCUT2D eigenvalue weighted by Gasteiger charge is 2.37. The molecule has 21 heavy (non-hydrogen) atoms. The number of imide groups is 1. The fourth-order valence-electron chi connectivity index (χ4n) is 3.10. The van der Waals surface area contributed by atoms with E-state index in [4.69, 9.17) is 0 Å². The molecule has 0 saturated carbocycles. The molecule has 2 fully saturated rings. The monoisotopic (exact) mass is 287 g/mol. The number of carbonyl (C=O) groups excluding carboxylic acids is 2. The van der Waals surface area contributed by atoms with Gasteiger partial charge in [0.2, 0.25) is 5.91 Å². The van der Waals surface area contributed by atoms with Gasteiger partial charge in [-0.15, -0.1) is 0 Å². The van der Waals surface area contributed by atoms with Crippen molar-refractivity contribution in [3.05, 3.63) is 24.3 Å². The molecule has 1 N–H and O–H groups in total. The Balaban J connectivity index is 1.72.